The fraction of sp³-hybridized carbons (Fsp3) is 0.462. The van der Waals surface area contributed by atoms with Gasteiger partial charge in [-0.1, -0.05) is 49.2 Å². The zero-order valence-corrected chi connectivity index (χ0v) is 23.8. The molecule has 0 heterocycles. The molecule has 0 radical (unpaired) electrons. The first kappa shape index (κ1) is 30.9. The molecule has 0 aliphatic heterocycles. The molecule has 0 saturated heterocycles. The number of nitrogens with zero attached hydrogens (tertiary/aromatic N) is 2. The number of nitrogens with one attached hydrogen (secondary N) is 1. The summed E-state index contributed by atoms with van der Waals surface area (Å²) in [4.78, 5) is 27.9. The summed E-state index contributed by atoms with van der Waals surface area (Å²) in [6.07, 6.45) is 2.33. The third-order valence-corrected chi connectivity index (χ3v) is 7.72. The third-order valence-electron chi connectivity index (χ3n) is 5.98. The standard InChI is InChI=1S/C26H34Cl2FN3O4S/c1-5-18(3)30-26(34)23(6-2)31(17-19-9-12-21(29)13-10-19)25(33)8-7-15-32(37(4,35)36)24-16-20(27)11-14-22(24)28/h9-14,16,18,23H,5-8,15,17H2,1-4H3,(H,30,34). The average Bonchev–Trinajstić information content (AvgIpc) is 2.83. The minimum atomic E-state index is -3.71. The molecule has 0 bridgehead atoms. The summed E-state index contributed by atoms with van der Waals surface area (Å²) in [6.45, 7) is 5.76. The number of carbonyl (C=O) groups is 2. The van der Waals surface area contributed by atoms with Crippen LogP contribution in [-0.4, -0.2) is 50.0 Å². The summed E-state index contributed by atoms with van der Waals surface area (Å²) < 4.78 is 39.5. The minimum absolute atomic E-state index is 0.00905. The van der Waals surface area contributed by atoms with Crippen LogP contribution in [0, 0.1) is 5.82 Å². The number of hydrogen-bond donors (Lipinski definition) is 1. The van der Waals surface area contributed by atoms with Crippen LogP contribution in [0.25, 0.3) is 0 Å². The van der Waals surface area contributed by atoms with Gasteiger partial charge >= 0.3 is 0 Å². The van der Waals surface area contributed by atoms with E-state index in [0.717, 1.165) is 17.0 Å². The van der Waals surface area contributed by atoms with E-state index in [4.69, 9.17) is 23.2 Å². The Labute approximate surface area is 229 Å². The summed E-state index contributed by atoms with van der Waals surface area (Å²) in [6, 6.07) is 9.47. The number of hydrogen-bond acceptors (Lipinski definition) is 4. The van der Waals surface area contributed by atoms with E-state index in [1.807, 2.05) is 20.8 Å². The Balaban J connectivity index is 2.25. The lowest BCUT2D eigenvalue weighted by atomic mass is 10.1. The molecule has 37 heavy (non-hydrogen) atoms. The van der Waals surface area contributed by atoms with Crippen LogP contribution in [0.1, 0.15) is 52.0 Å². The summed E-state index contributed by atoms with van der Waals surface area (Å²) in [5, 5.41) is 3.47. The molecule has 2 aromatic rings. The van der Waals surface area contributed by atoms with Crippen molar-refractivity contribution < 1.29 is 22.4 Å². The zero-order valence-electron chi connectivity index (χ0n) is 21.5. The van der Waals surface area contributed by atoms with Gasteiger partial charge in [-0.25, -0.2) is 12.8 Å². The van der Waals surface area contributed by atoms with Gasteiger partial charge in [0, 0.05) is 30.6 Å². The van der Waals surface area contributed by atoms with Crippen molar-refractivity contribution in [1.82, 2.24) is 10.2 Å². The number of halogens is 3. The van der Waals surface area contributed by atoms with Gasteiger partial charge in [0.05, 0.1) is 17.0 Å². The second-order valence-corrected chi connectivity index (χ2v) is 11.7. The van der Waals surface area contributed by atoms with Gasteiger partial charge in [-0.05, 0) is 62.1 Å². The Morgan fingerprint density at radius 2 is 1.70 bits per heavy atom. The topological polar surface area (TPSA) is 86.8 Å². The van der Waals surface area contributed by atoms with Gasteiger partial charge in [-0.3, -0.25) is 13.9 Å². The highest BCUT2D eigenvalue weighted by molar-refractivity contribution is 7.92. The lowest BCUT2D eigenvalue weighted by Gasteiger charge is -2.32. The maximum atomic E-state index is 13.4. The van der Waals surface area contributed by atoms with Crippen LogP contribution in [0.15, 0.2) is 42.5 Å². The molecule has 2 aromatic carbocycles. The third kappa shape index (κ3) is 9.16. The second kappa shape index (κ2) is 14.0. The van der Waals surface area contributed by atoms with E-state index in [1.54, 1.807) is 18.2 Å². The first-order valence-electron chi connectivity index (χ1n) is 12.1. The molecular weight excluding hydrogens is 540 g/mol. The summed E-state index contributed by atoms with van der Waals surface area (Å²) >= 11 is 12.3. The monoisotopic (exact) mass is 573 g/mol. The van der Waals surface area contributed by atoms with Crippen LogP contribution in [0.3, 0.4) is 0 Å². The molecular formula is C26H34Cl2FN3O4S. The summed E-state index contributed by atoms with van der Waals surface area (Å²) in [5.74, 6) is -0.986. The molecule has 0 fully saturated rings. The Hall–Kier alpha value is -2.36. The number of anilines is 1. The molecule has 0 aromatic heterocycles. The Kier molecular flexibility index (Phi) is 11.7. The van der Waals surface area contributed by atoms with Crippen LogP contribution in [0.5, 0.6) is 0 Å². The molecule has 11 heteroatoms. The molecule has 0 spiro atoms. The van der Waals surface area contributed by atoms with Crippen molar-refractivity contribution in [1.29, 1.82) is 0 Å². The molecule has 0 aliphatic carbocycles. The zero-order chi connectivity index (χ0) is 27.8. The fourth-order valence-electron chi connectivity index (χ4n) is 3.81. The molecule has 2 unspecified atom stereocenters. The highest BCUT2D eigenvalue weighted by Gasteiger charge is 2.29. The van der Waals surface area contributed by atoms with E-state index >= 15 is 0 Å². The van der Waals surface area contributed by atoms with Crippen molar-refractivity contribution >= 4 is 50.7 Å². The van der Waals surface area contributed by atoms with Gasteiger partial charge in [0.2, 0.25) is 21.8 Å². The maximum Gasteiger partial charge on any atom is 0.243 e. The average molecular weight is 575 g/mol. The van der Waals surface area contributed by atoms with Crippen LogP contribution in [-0.2, 0) is 26.2 Å². The number of benzene rings is 2. The quantitative estimate of drug-likeness (QED) is 0.347. The summed E-state index contributed by atoms with van der Waals surface area (Å²) in [5.41, 5.74) is 0.902. The smallest absolute Gasteiger partial charge is 0.243 e. The molecule has 2 rings (SSSR count). The van der Waals surface area contributed by atoms with Crippen molar-refractivity contribution in [3.05, 3.63) is 63.9 Å². The maximum absolute atomic E-state index is 13.4. The van der Waals surface area contributed by atoms with Crippen molar-refractivity contribution in [3.63, 3.8) is 0 Å². The van der Waals surface area contributed by atoms with Gasteiger partial charge in [-0.15, -0.1) is 0 Å². The SMILES string of the molecule is CCC(C)NC(=O)C(CC)N(Cc1ccc(F)cc1)C(=O)CCCN(c1cc(Cl)ccc1Cl)S(C)(=O)=O. The van der Waals surface area contributed by atoms with Gasteiger partial charge in [0.1, 0.15) is 11.9 Å². The van der Waals surface area contributed by atoms with Crippen molar-refractivity contribution in [2.24, 2.45) is 0 Å². The molecule has 7 nitrogen and oxygen atoms in total. The van der Waals surface area contributed by atoms with Crippen molar-refractivity contribution in [3.8, 4) is 0 Å². The molecule has 2 atom stereocenters. The summed E-state index contributed by atoms with van der Waals surface area (Å²) in [7, 11) is -3.71. The van der Waals surface area contributed by atoms with Crippen LogP contribution in [0.4, 0.5) is 10.1 Å². The first-order chi connectivity index (χ1) is 17.4. The van der Waals surface area contributed by atoms with E-state index < -0.39 is 21.9 Å². The first-order valence-corrected chi connectivity index (χ1v) is 14.7. The number of sulfonamides is 1. The van der Waals surface area contributed by atoms with Gasteiger partial charge < -0.3 is 10.2 Å². The number of rotatable bonds is 13. The van der Waals surface area contributed by atoms with Crippen LogP contribution >= 0.6 is 23.2 Å². The lowest BCUT2D eigenvalue weighted by molar-refractivity contribution is -0.141. The second-order valence-electron chi connectivity index (χ2n) is 8.92. The molecule has 0 aliphatic rings. The largest absolute Gasteiger partial charge is 0.352 e. The fourth-order valence-corrected chi connectivity index (χ4v) is 5.21. The minimum Gasteiger partial charge on any atom is -0.352 e. The van der Waals surface area contributed by atoms with Gasteiger partial charge in [0.15, 0.2) is 0 Å². The predicted molar refractivity (Wildman–Crippen MR) is 147 cm³/mol. The molecule has 2 amide bonds. The van der Waals surface area contributed by atoms with Crippen molar-refractivity contribution in [2.75, 3.05) is 17.1 Å². The van der Waals surface area contributed by atoms with Gasteiger partial charge in [0.25, 0.3) is 0 Å². The van der Waals surface area contributed by atoms with Crippen LogP contribution in [0.2, 0.25) is 10.0 Å². The van der Waals surface area contributed by atoms with E-state index in [1.165, 1.54) is 29.2 Å². The molecule has 0 saturated carbocycles. The van der Waals surface area contributed by atoms with E-state index in [9.17, 15) is 22.4 Å². The Bertz CT molecular complexity index is 1180. The highest BCUT2D eigenvalue weighted by atomic mass is 35.5. The van der Waals surface area contributed by atoms with E-state index in [2.05, 4.69) is 5.32 Å². The lowest BCUT2D eigenvalue weighted by Crippen LogP contribution is -2.50. The van der Waals surface area contributed by atoms with E-state index in [0.29, 0.717) is 17.0 Å². The normalized spacial score (nSPS) is 13.1. The predicted octanol–water partition coefficient (Wildman–Crippen LogP) is 5.40. The number of amides is 2. The van der Waals surface area contributed by atoms with E-state index in [-0.39, 0.29) is 54.5 Å². The van der Waals surface area contributed by atoms with Crippen LogP contribution < -0.4 is 9.62 Å². The van der Waals surface area contributed by atoms with Crippen molar-refractivity contribution in [2.45, 2.75) is 65.1 Å². The Morgan fingerprint density at radius 1 is 1.05 bits per heavy atom. The molecule has 1 N–H and O–H groups in total. The Morgan fingerprint density at radius 3 is 2.27 bits per heavy atom. The number of carbonyl (C=O) groups excluding carboxylic acids is 2. The highest BCUT2D eigenvalue weighted by Crippen LogP contribution is 2.31. The van der Waals surface area contributed by atoms with Gasteiger partial charge in [-0.2, -0.15) is 0 Å². The molecule has 204 valence electrons.